The summed E-state index contributed by atoms with van der Waals surface area (Å²) in [4.78, 5) is 23.6. The zero-order chi connectivity index (χ0) is 24.0. The highest BCUT2D eigenvalue weighted by molar-refractivity contribution is 5.98. The molecular formula is C27H30N2O4. The third kappa shape index (κ3) is 5.52. The molecule has 1 amide bonds. The van der Waals surface area contributed by atoms with Crippen molar-refractivity contribution in [2.24, 2.45) is 0 Å². The van der Waals surface area contributed by atoms with Crippen molar-refractivity contribution < 1.29 is 19.4 Å². The van der Waals surface area contributed by atoms with Gasteiger partial charge in [-0.3, -0.25) is 4.79 Å². The van der Waals surface area contributed by atoms with E-state index in [1.54, 1.807) is 25.3 Å². The molecule has 33 heavy (non-hydrogen) atoms. The van der Waals surface area contributed by atoms with Crippen LogP contribution in [0.1, 0.15) is 47.3 Å². The van der Waals surface area contributed by atoms with Gasteiger partial charge in [-0.2, -0.15) is 0 Å². The summed E-state index contributed by atoms with van der Waals surface area (Å²) in [5, 5.41) is 13.2. The normalized spacial score (nSPS) is 11.4. The number of carbonyl (C=O) groups excluding carboxylic acids is 1. The van der Waals surface area contributed by atoms with Crippen molar-refractivity contribution in [1.82, 2.24) is 9.88 Å². The molecule has 3 rings (SSSR count). The van der Waals surface area contributed by atoms with Crippen LogP contribution < -0.4 is 10.1 Å². The number of carboxylic acid groups (broad SMARTS) is 1. The molecule has 2 aromatic carbocycles. The van der Waals surface area contributed by atoms with Gasteiger partial charge in [-0.25, -0.2) is 4.79 Å². The van der Waals surface area contributed by atoms with Gasteiger partial charge in [0.05, 0.1) is 12.7 Å². The fourth-order valence-electron chi connectivity index (χ4n) is 3.83. The van der Waals surface area contributed by atoms with Gasteiger partial charge in [0.1, 0.15) is 5.75 Å². The maximum atomic E-state index is 12.3. The first-order chi connectivity index (χ1) is 15.9. The maximum absolute atomic E-state index is 12.3. The molecule has 0 saturated carbocycles. The number of benzene rings is 2. The van der Waals surface area contributed by atoms with Gasteiger partial charge in [0.2, 0.25) is 5.91 Å². The summed E-state index contributed by atoms with van der Waals surface area (Å²) >= 11 is 0. The van der Waals surface area contributed by atoms with E-state index in [0.29, 0.717) is 30.8 Å². The van der Waals surface area contributed by atoms with Crippen molar-refractivity contribution in [1.29, 1.82) is 0 Å². The molecule has 6 heteroatoms. The van der Waals surface area contributed by atoms with Gasteiger partial charge < -0.3 is 19.7 Å². The van der Waals surface area contributed by atoms with Crippen molar-refractivity contribution in [2.45, 2.75) is 33.2 Å². The maximum Gasteiger partial charge on any atom is 0.335 e. The Kier molecular flexibility index (Phi) is 7.72. The number of ether oxygens (including phenoxy) is 1. The van der Waals surface area contributed by atoms with Crippen molar-refractivity contribution in [2.75, 3.05) is 13.7 Å². The van der Waals surface area contributed by atoms with Crippen LogP contribution in [0, 0.1) is 0 Å². The Morgan fingerprint density at radius 3 is 2.64 bits per heavy atom. The Balaban J connectivity index is 2.02. The second kappa shape index (κ2) is 10.7. The minimum absolute atomic E-state index is 0.0651. The lowest BCUT2D eigenvalue weighted by Crippen LogP contribution is -2.24. The Labute approximate surface area is 194 Å². The predicted octanol–water partition coefficient (Wildman–Crippen LogP) is 5.05. The van der Waals surface area contributed by atoms with Gasteiger partial charge in [0.25, 0.3) is 0 Å². The highest BCUT2D eigenvalue weighted by atomic mass is 16.5. The molecule has 0 aliphatic carbocycles. The van der Waals surface area contributed by atoms with E-state index >= 15 is 0 Å². The number of fused-ring (bicyclic) bond motifs is 1. The first-order valence-corrected chi connectivity index (χ1v) is 11.0. The highest BCUT2D eigenvalue weighted by Crippen LogP contribution is 2.29. The van der Waals surface area contributed by atoms with E-state index in [-0.39, 0.29) is 11.5 Å². The third-order valence-electron chi connectivity index (χ3n) is 5.51. The van der Waals surface area contributed by atoms with Crippen LogP contribution in [-0.2, 0) is 17.8 Å². The largest absolute Gasteiger partial charge is 0.496 e. The van der Waals surface area contributed by atoms with Crippen LogP contribution in [0.5, 0.6) is 5.75 Å². The lowest BCUT2D eigenvalue weighted by molar-refractivity contribution is -0.117. The lowest BCUT2D eigenvalue weighted by Gasteiger charge is -2.09. The molecular weight excluding hydrogens is 416 g/mol. The average Bonchev–Trinajstić information content (AvgIpc) is 3.14. The van der Waals surface area contributed by atoms with Crippen LogP contribution in [-0.4, -0.2) is 35.2 Å². The smallest absolute Gasteiger partial charge is 0.335 e. The molecule has 0 unspecified atom stereocenters. The highest BCUT2D eigenvalue weighted by Gasteiger charge is 2.14. The minimum Gasteiger partial charge on any atom is -0.496 e. The van der Waals surface area contributed by atoms with Gasteiger partial charge in [-0.1, -0.05) is 25.1 Å². The van der Waals surface area contributed by atoms with Crippen LogP contribution in [0.15, 0.2) is 60.8 Å². The van der Waals surface area contributed by atoms with Crippen molar-refractivity contribution in [3.05, 3.63) is 83.1 Å². The Hall–Kier alpha value is -3.80. The van der Waals surface area contributed by atoms with Crippen LogP contribution in [0.3, 0.4) is 0 Å². The number of nitrogens with zero attached hydrogens (tertiary/aromatic N) is 1. The number of carboxylic acids is 1. The summed E-state index contributed by atoms with van der Waals surface area (Å²) in [7, 11) is 1.54. The van der Waals surface area contributed by atoms with Gasteiger partial charge in [-0.05, 0) is 60.4 Å². The molecule has 3 aromatic rings. The van der Waals surface area contributed by atoms with E-state index in [9.17, 15) is 14.7 Å². The zero-order valence-corrected chi connectivity index (χ0v) is 19.4. The number of aromatic nitrogens is 1. The fraction of sp³-hybridized carbons (Fsp3) is 0.259. The van der Waals surface area contributed by atoms with Gasteiger partial charge in [-0.15, -0.1) is 6.58 Å². The number of amides is 1. The second-order valence-corrected chi connectivity index (χ2v) is 7.96. The first-order valence-electron chi connectivity index (χ1n) is 11.0. The number of hydrogen-bond acceptors (Lipinski definition) is 3. The number of aromatic carboxylic acids is 1. The third-order valence-corrected chi connectivity index (χ3v) is 5.51. The Bertz CT molecular complexity index is 1220. The molecule has 1 aromatic heterocycles. The SMILES string of the molecule is C=CCn1cc(Cc2ccc(C(=O)O)cc2OC)c2cc(C=C(C)C(=O)NCCC)ccc21. The minimum atomic E-state index is -0.989. The molecule has 0 aliphatic heterocycles. The molecule has 0 bridgehead atoms. The van der Waals surface area contributed by atoms with Crippen molar-refractivity contribution in [3.63, 3.8) is 0 Å². The fourth-order valence-corrected chi connectivity index (χ4v) is 3.83. The first kappa shape index (κ1) is 23.9. The predicted molar refractivity (Wildman–Crippen MR) is 132 cm³/mol. The molecule has 0 radical (unpaired) electrons. The number of allylic oxidation sites excluding steroid dienone is 1. The van der Waals surface area contributed by atoms with E-state index in [2.05, 4.69) is 34.8 Å². The number of rotatable bonds is 10. The molecule has 0 spiro atoms. The molecule has 0 aliphatic rings. The van der Waals surface area contributed by atoms with E-state index in [1.807, 2.05) is 32.1 Å². The van der Waals surface area contributed by atoms with E-state index in [1.165, 1.54) is 0 Å². The van der Waals surface area contributed by atoms with Crippen LogP contribution >= 0.6 is 0 Å². The van der Waals surface area contributed by atoms with E-state index in [4.69, 9.17) is 4.74 Å². The summed E-state index contributed by atoms with van der Waals surface area (Å²) in [5.41, 5.74) is 4.83. The quantitative estimate of drug-likeness (QED) is 0.337. The van der Waals surface area contributed by atoms with Crippen molar-refractivity contribution in [3.8, 4) is 5.75 Å². The number of methoxy groups -OCH3 is 1. The van der Waals surface area contributed by atoms with Crippen LogP contribution in [0.4, 0.5) is 0 Å². The van der Waals surface area contributed by atoms with E-state index in [0.717, 1.165) is 34.0 Å². The average molecular weight is 447 g/mol. The molecule has 1 heterocycles. The van der Waals surface area contributed by atoms with E-state index < -0.39 is 5.97 Å². The summed E-state index contributed by atoms with van der Waals surface area (Å²) in [6.07, 6.45) is 7.29. The number of nitrogens with one attached hydrogen (secondary N) is 1. The molecule has 0 fully saturated rings. The summed E-state index contributed by atoms with van der Waals surface area (Å²) in [5.74, 6) is -0.513. The summed E-state index contributed by atoms with van der Waals surface area (Å²) in [6, 6.07) is 11.1. The second-order valence-electron chi connectivity index (χ2n) is 7.96. The Morgan fingerprint density at radius 1 is 1.18 bits per heavy atom. The summed E-state index contributed by atoms with van der Waals surface area (Å²) < 4.78 is 7.60. The molecule has 2 N–H and O–H groups in total. The number of hydrogen-bond donors (Lipinski definition) is 2. The van der Waals surface area contributed by atoms with Gasteiger partial charge in [0, 0.05) is 42.2 Å². The van der Waals surface area contributed by atoms with Gasteiger partial charge >= 0.3 is 5.97 Å². The summed E-state index contributed by atoms with van der Waals surface area (Å²) in [6.45, 7) is 9.01. The molecule has 6 nitrogen and oxygen atoms in total. The lowest BCUT2D eigenvalue weighted by atomic mass is 10.00. The van der Waals surface area contributed by atoms with Crippen molar-refractivity contribution >= 4 is 28.9 Å². The van der Waals surface area contributed by atoms with Gasteiger partial charge in [0.15, 0.2) is 0 Å². The van der Waals surface area contributed by atoms with Crippen LogP contribution in [0.25, 0.3) is 17.0 Å². The standard InChI is InChI=1S/C27H30N2O4/c1-5-11-28-26(30)18(3)13-19-7-10-24-23(14-19)22(17-29(24)12-6-2)15-20-8-9-21(27(31)32)16-25(20)33-4/h6-10,13-14,16-17H,2,5,11-12,15H2,1,3-4H3,(H,28,30)(H,31,32). The van der Waals surface area contributed by atoms with Crippen LogP contribution in [0.2, 0.25) is 0 Å². The topological polar surface area (TPSA) is 80.6 Å². The zero-order valence-electron chi connectivity index (χ0n) is 19.4. The Morgan fingerprint density at radius 2 is 1.97 bits per heavy atom. The molecule has 0 atom stereocenters. The molecule has 0 saturated heterocycles. The number of carbonyl (C=O) groups is 2. The monoisotopic (exact) mass is 446 g/mol. The molecule has 172 valence electrons.